The quantitative estimate of drug-likeness (QED) is 0.532. The van der Waals surface area contributed by atoms with Crippen molar-refractivity contribution in [1.82, 2.24) is 9.97 Å². The van der Waals surface area contributed by atoms with Crippen LogP contribution in [-0.2, 0) is 6.18 Å². The molecule has 3 aromatic rings. The minimum absolute atomic E-state index is 0.0144. The molecule has 0 aliphatic heterocycles. The smallest absolute Gasteiger partial charge is 0.433 e. The third-order valence-electron chi connectivity index (χ3n) is 3.36. The number of alkyl halides is 3. The molecular formula is C19H14F3N3O. The highest BCUT2D eigenvalue weighted by Gasteiger charge is 2.32. The second-order valence-electron chi connectivity index (χ2n) is 5.27. The van der Waals surface area contributed by atoms with Gasteiger partial charge in [-0.3, -0.25) is 0 Å². The molecule has 2 heterocycles. The van der Waals surface area contributed by atoms with Crippen LogP contribution in [0.5, 0.6) is 5.75 Å². The lowest BCUT2D eigenvalue weighted by molar-refractivity contribution is -0.141. The van der Waals surface area contributed by atoms with E-state index in [-0.39, 0.29) is 17.3 Å². The van der Waals surface area contributed by atoms with Crippen molar-refractivity contribution >= 4 is 11.6 Å². The van der Waals surface area contributed by atoms with Gasteiger partial charge >= 0.3 is 6.18 Å². The lowest BCUT2D eigenvalue weighted by Gasteiger charge is -2.10. The van der Waals surface area contributed by atoms with E-state index < -0.39 is 11.9 Å². The first-order valence-corrected chi connectivity index (χ1v) is 7.62. The number of H-pyrrole nitrogens is 1. The molecule has 26 heavy (non-hydrogen) atoms. The van der Waals surface area contributed by atoms with Gasteiger partial charge in [0.1, 0.15) is 17.1 Å². The maximum Gasteiger partial charge on any atom is 0.433 e. The third-order valence-corrected chi connectivity index (χ3v) is 3.36. The largest absolute Gasteiger partial charge is 0.437 e. The first-order chi connectivity index (χ1) is 12.4. The molecule has 1 N–H and O–H groups in total. The lowest BCUT2D eigenvalue weighted by Crippen LogP contribution is -2.12. The fourth-order valence-corrected chi connectivity index (χ4v) is 2.13. The summed E-state index contributed by atoms with van der Waals surface area (Å²) in [7, 11) is 0. The molecule has 0 radical (unpaired) electrons. The van der Waals surface area contributed by atoms with Crippen LogP contribution >= 0.6 is 0 Å². The number of rotatable bonds is 4. The summed E-state index contributed by atoms with van der Waals surface area (Å²) in [6, 6.07) is 16.0. The molecule has 0 bridgehead atoms. The summed E-state index contributed by atoms with van der Waals surface area (Å²) in [6.07, 6.45) is -2.85. The molecule has 0 saturated carbocycles. The summed E-state index contributed by atoms with van der Waals surface area (Å²) in [5.41, 5.74) is -0.379. The summed E-state index contributed by atoms with van der Waals surface area (Å²) < 4.78 is 44.3. The van der Waals surface area contributed by atoms with E-state index in [0.717, 1.165) is 6.07 Å². The molecule has 0 fully saturated rings. The Hall–Kier alpha value is -3.35. The second kappa shape index (κ2) is 7.26. The molecule has 4 nitrogen and oxygen atoms in total. The summed E-state index contributed by atoms with van der Waals surface area (Å²) >= 11 is 0. The minimum Gasteiger partial charge on any atom is -0.437 e. The number of ether oxygens (including phenoxy) is 1. The van der Waals surface area contributed by atoms with Gasteiger partial charge in [-0.2, -0.15) is 13.2 Å². The number of aromatic nitrogens is 2. The number of hydrogen-bond acceptors (Lipinski definition) is 3. The number of hydrogen-bond donors (Lipinski definition) is 1. The van der Waals surface area contributed by atoms with Gasteiger partial charge in [-0.15, -0.1) is 0 Å². The normalized spacial score (nSPS) is 12.0. The van der Waals surface area contributed by atoms with E-state index in [4.69, 9.17) is 4.74 Å². The Morgan fingerprint density at radius 1 is 1.00 bits per heavy atom. The molecule has 0 aliphatic carbocycles. The molecule has 0 atom stereocenters. The van der Waals surface area contributed by atoms with Crippen molar-refractivity contribution in [2.75, 3.05) is 0 Å². The van der Waals surface area contributed by atoms with Crippen LogP contribution in [0.1, 0.15) is 17.1 Å². The highest BCUT2D eigenvalue weighted by atomic mass is 19.4. The molecular weight excluding hydrogens is 343 g/mol. The molecule has 0 unspecified atom stereocenters. The summed E-state index contributed by atoms with van der Waals surface area (Å²) in [6.45, 7) is 3.73. The predicted octanol–water partition coefficient (Wildman–Crippen LogP) is 4.93. The average Bonchev–Trinajstić information content (AvgIpc) is 3.16. The van der Waals surface area contributed by atoms with E-state index in [1.807, 2.05) is 6.07 Å². The number of aliphatic imine (C=N–C) groups is 1. The number of benzene rings is 1. The van der Waals surface area contributed by atoms with E-state index in [0.29, 0.717) is 11.4 Å². The molecule has 7 heteroatoms. The summed E-state index contributed by atoms with van der Waals surface area (Å²) in [5.74, 6) is 0.705. The van der Waals surface area contributed by atoms with Crippen LogP contribution in [-0.4, -0.2) is 15.9 Å². The number of pyridine rings is 1. The molecule has 132 valence electrons. The van der Waals surface area contributed by atoms with Crippen molar-refractivity contribution in [3.05, 3.63) is 90.5 Å². The van der Waals surface area contributed by atoms with Gasteiger partial charge in [0.25, 0.3) is 0 Å². The Balaban J connectivity index is 1.94. The van der Waals surface area contributed by atoms with Gasteiger partial charge < -0.3 is 9.72 Å². The highest BCUT2D eigenvalue weighted by molar-refractivity contribution is 5.97. The van der Waals surface area contributed by atoms with Crippen molar-refractivity contribution in [3.8, 4) is 5.75 Å². The third kappa shape index (κ3) is 4.18. The maximum absolute atomic E-state index is 12.8. The lowest BCUT2D eigenvalue weighted by atomic mass is 10.2. The SMILES string of the molecule is C=C(N=C(Oc1ccccc1)c1ccc[nH]1)c1cccc(C(F)(F)F)n1. The van der Waals surface area contributed by atoms with Gasteiger partial charge in [-0.05, 0) is 36.4 Å². The summed E-state index contributed by atoms with van der Waals surface area (Å²) in [5, 5.41) is 0. The minimum atomic E-state index is -4.54. The van der Waals surface area contributed by atoms with Crippen LogP contribution in [0.2, 0.25) is 0 Å². The Bertz CT molecular complexity index is 917. The van der Waals surface area contributed by atoms with Gasteiger partial charge in [0.15, 0.2) is 0 Å². The Kier molecular flexibility index (Phi) is 4.88. The second-order valence-corrected chi connectivity index (χ2v) is 5.27. The van der Waals surface area contributed by atoms with Crippen molar-refractivity contribution in [2.45, 2.75) is 6.18 Å². The van der Waals surface area contributed by atoms with E-state index in [9.17, 15) is 13.2 Å². The van der Waals surface area contributed by atoms with Crippen LogP contribution in [0.4, 0.5) is 13.2 Å². The van der Waals surface area contributed by atoms with Crippen molar-refractivity contribution in [1.29, 1.82) is 0 Å². The number of nitrogens with zero attached hydrogens (tertiary/aromatic N) is 2. The fraction of sp³-hybridized carbons (Fsp3) is 0.0526. The van der Waals surface area contributed by atoms with E-state index >= 15 is 0 Å². The Labute approximate surface area is 147 Å². The first kappa shape index (κ1) is 17.5. The first-order valence-electron chi connectivity index (χ1n) is 7.62. The molecule has 0 saturated heterocycles. The number of aromatic amines is 1. The van der Waals surface area contributed by atoms with Crippen molar-refractivity contribution in [3.63, 3.8) is 0 Å². The van der Waals surface area contributed by atoms with Crippen LogP contribution < -0.4 is 4.74 Å². The maximum atomic E-state index is 12.8. The number of halogens is 3. The van der Waals surface area contributed by atoms with Crippen LogP contribution in [0.15, 0.2) is 78.4 Å². The average molecular weight is 357 g/mol. The van der Waals surface area contributed by atoms with Gasteiger partial charge in [0.05, 0.1) is 11.4 Å². The standard InChI is InChI=1S/C19H14F3N3O/c1-13(15-9-5-11-17(25-15)19(20,21)22)24-18(16-10-6-12-23-16)26-14-7-3-2-4-8-14/h2-12,23H,1H2. The van der Waals surface area contributed by atoms with Gasteiger partial charge in [-0.1, -0.05) is 30.8 Å². The Morgan fingerprint density at radius 2 is 1.77 bits per heavy atom. The molecule has 1 aromatic carbocycles. The molecule has 0 aliphatic rings. The van der Waals surface area contributed by atoms with Crippen LogP contribution in [0.25, 0.3) is 5.70 Å². The zero-order chi connectivity index (χ0) is 18.6. The zero-order valence-electron chi connectivity index (χ0n) is 13.5. The topological polar surface area (TPSA) is 50.3 Å². The van der Waals surface area contributed by atoms with Crippen LogP contribution in [0, 0.1) is 0 Å². The van der Waals surface area contributed by atoms with E-state index in [1.165, 1.54) is 12.1 Å². The predicted molar refractivity (Wildman–Crippen MR) is 92.7 cm³/mol. The van der Waals surface area contributed by atoms with Gasteiger partial charge in [0.2, 0.25) is 5.90 Å². The summed E-state index contributed by atoms with van der Waals surface area (Å²) in [4.78, 5) is 10.8. The van der Waals surface area contributed by atoms with Crippen molar-refractivity contribution in [2.24, 2.45) is 4.99 Å². The Morgan fingerprint density at radius 3 is 2.42 bits per heavy atom. The van der Waals surface area contributed by atoms with Crippen LogP contribution in [0.3, 0.4) is 0 Å². The molecule has 3 rings (SSSR count). The fourth-order valence-electron chi connectivity index (χ4n) is 2.13. The van der Waals surface area contributed by atoms with Crippen molar-refractivity contribution < 1.29 is 17.9 Å². The van der Waals surface area contributed by atoms with Gasteiger partial charge in [0, 0.05) is 6.20 Å². The monoisotopic (exact) mass is 357 g/mol. The van der Waals surface area contributed by atoms with E-state index in [2.05, 4.69) is 21.5 Å². The zero-order valence-corrected chi connectivity index (χ0v) is 13.5. The molecule has 2 aromatic heterocycles. The molecule has 0 amide bonds. The van der Waals surface area contributed by atoms with E-state index in [1.54, 1.807) is 42.6 Å². The van der Waals surface area contributed by atoms with Gasteiger partial charge in [-0.25, -0.2) is 9.98 Å². The molecule has 0 spiro atoms. The highest BCUT2D eigenvalue weighted by Crippen LogP contribution is 2.28. The number of nitrogens with one attached hydrogen (secondary N) is 1. The number of para-hydroxylation sites is 1.